The normalized spacial score (nSPS) is 10.8. The number of amides is 1. The number of fused-ring (bicyclic) bond motifs is 1. The summed E-state index contributed by atoms with van der Waals surface area (Å²) in [7, 11) is 0. The molecule has 0 atom stereocenters. The Balaban J connectivity index is 1.55. The van der Waals surface area contributed by atoms with Gasteiger partial charge in [0.25, 0.3) is 11.6 Å². The Morgan fingerprint density at radius 3 is 2.58 bits per heavy atom. The molecule has 4 rings (SSSR count). The summed E-state index contributed by atoms with van der Waals surface area (Å²) in [5.41, 5.74) is 3.66. The lowest BCUT2D eigenvalue weighted by Gasteiger charge is -2.13. The van der Waals surface area contributed by atoms with Crippen molar-refractivity contribution < 1.29 is 18.9 Å². The van der Waals surface area contributed by atoms with Crippen molar-refractivity contribution in [2.75, 3.05) is 11.9 Å². The number of anilines is 1. The summed E-state index contributed by atoms with van der Waals surface area (Å²) in [6.07, 6.45) is 0. The first kappa shape index (κ1) is 20.1. The molecule has 1 heterocycles. The highest BCUT2D eigenvalue weighted by molar-refractivity contribution is 5.96. The van der Waals surface area contributed by atoms with Gasteiger partial charge in [-0.3, -0.25) is 14.9 Å². The number of hydrogen-bond donors (Lipinski definition) is 1. The van der Waals surface area contributed by atoms with Crippen LogP contribution in [-0.2, 0) is 4.79 Å². The van der Waals surface area contributed by atoms with Gasteiger partial charge in [0.2, 0.25) is 5.89 Å². The summed E-state index contributed by atoms with van der Waals surface area (Å²) >= 11 is 0. The van der Waals surface area contributed by atoms with Gasteiger partial charge in [-0.2, -0.15) is 0 Å². The number of aryl methyl sites for hydroxylation is 2. The maximum absolute atomic E-state index is 12.5. The number of carbonyl (C=O) groups excluding carboxylic acids is 1. The van der Waals surface area contributed by atoms with E-state index in [4.69, 9.17) is 9.15 Å². The average Bonchev–Trinajstić information content (AvgIpc) is 3.17. The number of non-ortho nitro benzene ring substituents is 1. The molecule has 1 aromatic heterocycles. The summed E-state index contributed by atoms with van der Waals surface area (Å²) in [5.74, 6) is 0.607. The van der Waals surface area contributed by atoms with E-state index in [0.717, 1.165) is 11.1 Å². The van der Waals surface area contributed by atoms with Crippen LogP contribution in [0.4, 0.5) is 11.4 Å². The Bertz CT molecular complexity index is 1280. The SMILES string of the molecule is Cc1cccc(C)c1OCC(=O)Nc1ccccc1-c1nc2ccc([N+](=O)[O-])cc2o1. The number of ether oxygens (including phenoxy) is 1. The standard InChI is InChI=1S/C23H19N3O5/c1-14-6-5-7-15(2)22(14)30-13-21(27)24-18-9-4-3-8-17(18)23-25-19-11-10-16(26(28)29)12-20(19)31-23/h3-12H,13H2,1-2H3,(H,24,27). The smallest absolute Gasteiger partial charge is 0.273 e. The van der Waals surface area contributed by atoms with E-state index in [9.17, 15) is 14.9 Å². The second kappa shape index (κ2) is 8.27. The molecule has 0 saturated heterocycles. The lowest BCUT2D eigenvalue weighted by atomic mass is 10.1. The minimum atomic E-state index is -0.494. The lowest BCUT2D eigenvalue weighted by molar-refractivity contribution is -0.384. The lowest BCUT2D eigenvalue weighted by Crippen LogP contribution is -2.21. The Morgan fingerprint density at radius 1 is 1.10 bits per heavy atom. The summed E-state index contributed by atoms with van der Waals surface area (Å²) in [4.78, 5) is 27.4. The number of nitro groups is 1. The Morgan fingerprint density at radius 2 is 1.84 bits per heavy atom. The fourth-order valence-corrected chi connectivity index (χ4v) is 3.27. The van der Waals surface area contributed by atoms with Crippen molar-refractivity contribution in [3.05, 3.63) is 81.9 Å². The van der Waals surface area contributed by atoms with Crippen LogP contribution in [0.5, 0.6) is 5.75 Å². The van der Waals surface area contributed by atoms with Gasteiger partial charge in [-0.15, -0.1) is 0 Å². The number of benzene rings is 3. The quantitative estimate of drug-likeness (QED) is 0.348. The molecule has 0 bridgehead atoms. The van der Waals surface area contributed by atoms with E-state index in [1.54, 1.807) is 24.3 Å². The molecule has 156 valence electrons. The number of nitrogens with zero attached hydrogens (tertiary/aromatic N) is 2. The van der Waals surface area contributed by atoms with Crippen LogP contribution >= 0.6 is 0 Å². The Kier molecular flexibility index (Phi) is 5.36. The zero-order valence-electron chi connectivity index (χ0n) is 16.9. The third-order valence-corrected chi connectivity index (χ3v) is 4.77. The maximum Gasteiger partial charge on any atom is 0.273 e. The molecular weight excluding hydrogens is 398 g/mol. The molecule has 0 unspecified atom stereocenters. The van der Waals surface area contributed by atoms with Crippen LogP contribution in [0.15, 0.2) is 65.1 Å². The van der Waals surface area contributed by atoms with Crippen LogP contribution in [0.2, 0.25) is 0 Å². The average molecular weight is 417 g/mol. The second-order valence-corrected chi connectivity index (χ2v) is 7.03. The number of hydrogen-bond acceptors (Lipinski definition) is 6. The molecule has 1 amide bonds. The van der Waals surface area contributed by atoms with Crippen molar-refractivity contribution in [2.24, 2.45) is 0 Å². The van der Waals surface area contributed by atoms with Crippen LogP contribution in [-0.4, -0.2) is 22.4 Å². The molecule has 1 N–H and O–H groups in total. The van der Waals surface area contributed by atoms with Gasteiger partial charge in [-0.1, -0.05) is 30.3 Å². The van der Waals surface area contributed by atoms with Gasteiger partial charge in [0.05, 0.1) is 22.2 Å². The number of nitrogens with one attached hydrogen (secondary N) is 1. The number of oxazole rings is 1. The Labute approximate surface area is 177 Å². The third kappa shape index (κ3) is 4.23. The van der Waals surface area contributed by atoms with Crippen molar-refractivity contribution in [3.63, 3.8) is 0 Å². The van der Waals surface area contributed by atoms with Gasteiger partial charge in [0, 0.05) is 6.07 Å². The molecule has 0 aliphatic rings. The van der Waals surface area contributed by atoms with Gasteiger partial charge in [0.1, 0.15) is 11.3 Å². The molecule has 8 nitrogen and oxygen atoms in total. The first-order valence-corrected chi connectivity index (χ1v) is 9.55. The summed E-state index contributed by atoms with van der Waals surface area (Å²) in [5, 5.41) is 13.8. The molecule has 3 aromatic carbocycles. The highest BCUT2D eigenvalue weighted by atomic mass is 16.6. The summed E-state index contributed by atoms with van der Waals surface area (Å²) in [6, 6.07) is 17.0. The molecule has 0 aliphatic carbocycles. The van der Waals surface area contributed by atoms with Crippen molar-refractivity contribution in [3.8, 4) is 17.2 Å². The molecule has 0 radical (unpaired) electrons. The van der Waals surface area contributed by atoms with E-state index in [1.165, 1.54) is 18.2 Å². The van der Waals surface area contributed by atoms with Crippen molar-refractivity contribution in [1.29, 1.82) is 0 Å². The van der Waals surface area contributed by atoms with Crippen molar-refractivity contribution in [1.82, 2.24) is 4.98 Å². The summed E-state index contributed by atoms with van der Waals surface area (Å²) < 4.78 is 11.4. The zero-order valence-corrected chi connectivity index (χ0v) is 16.9. The van der Waals surface area contributed by atoms with Gasteiger partial charge in [-0.25, -0.2) is 4.98 Å². The van der Waals surface area contributed by atoms with Gasteiger partial charge < -0.3 is 14.5 Å². The number of para-hydroxylation sites is 2. The predicted molar refractivity (Wildman–Crippen MR) is 116 cm³/mol. The van der Waals surface area contributed by atoms with E-state index in [-0.39, 0.29) is 24.1 Å². The highest BCUT2D eigenvalue weighted by Gasteiger charge is 2.16. The van der Waals surface area contributed by atoms with Crippen LogP contribution in [0, 0.1) is 24.0 Å². The molecule has 4 aromatic rings. The molecular formula is C23H19N3O5. The van der Waals surface area contributed by atoms with E-state index in [1.807, 2.05) is 32.0 Å². The van der Waals surface area contributed by atoms with Crippen LogP contribution in [0.3, 0.4) is 0 Å². The largest absolute Gasteiger partial charge is 0.483 e. The number of aromatic nitrogens is 1. The number of nitro benzene ring substituents is 1. The minimum absolute atomic E-state index is 0.0829. The maximum atomic E-state index is 12.5. The zero-order chi connectivity index (χ0) is 22.0. The van der Waals surface area contributed by atoms with Crippen LogP contribution < -0.4 is 10.1 Å². The van der Waals surface area contributed by atoms with Gasteiger partial charge >= 0.3 is 0 Å². The topological polar surface area (TPSA) is 108 Å². The first-order valence-electron chi connectivity index (χ1n) is 9.55. The second-order valence-electron chi connectivity index (χ2n) is 7.03. The van der Waals surface area contributed by atoms with Gasteiger partial charge in [-0.05, 0) is 43.2 Å². The van der Waals surface area contributed by atoms with Crippen LogP contribution in [0.25, 0.3) is 22.6 Å². The molecule has 0 saturated carbocycles. The van der Waals surface area contributed by atoms with Crippen molar-refractivity contribution >= 4 is 28.4 Å². The molecule has 0 aliphatic heterocycles. The fourth-order valence-electron chi connectivity index (χ4n) is 3.27. The molecule has 0 spiro atoms. The molecule has 31 heavy (non-hydrogen) atoms. The minimum Gasteiger partial charge on any atom is -0.483 e. The van der Waals surface area contributed by atoms with Crippen molar-refractivity contribution in [2.45, 2.75) is 13.8 Å². The van der Waals surface area contributed by atoms with E-state index >= 15 is 0 Å². The first-order chi connectivity index (χ1) is 14.9. The number of carbonyl (C=O) groups is 1. The van der Waals surface area contributed by atoms with E-state index < -0.39 is 4.92 Å². The predicted octanol–water partition coefficient (Wildman–Crippen LogP) is 5.04. The monoisotopic (exact) mass is 417 g/mol. The van der Waals surface area contributed by atoms with Crippen LogP contribution in [0.1, 0.15) is 11.1 Å². The van der Waals surface area contributed by atoms with E-state index in [0.29, 0.717) is 28.1 Å². The fraction of sp³-hybridized carbons (Fsp3) is 0.130. The Hall–Kier alpha value is -4.20. The van der Waals surface area contributed by atoms with E-state index in [2.05, 4.69) is 10.3 Å². The highest BCUT2D eigenvalue weighted by Crippen LogP contribution is 2.31. The molecule has 0 fully saturated rings. The van der Waals surface area contributed by atoms with Gasteiger partial charge in [0.15, 0.2) is 12.2 Å². The third-order valence-electron chi connectivity index (χ3n) is 4.77. The summed E-state index contributed by atoms with van der Waals surface area (Å²) in [6.45, 7) is 3.69. The number of rotatable bonds is 6. The molecule has 8 heteroatoms.